The molecule has 0 spiro atoms. The van der Waals surface area contributed by atoms with Gasteiger partial charge in [0.25, 0.3) is 0 Å². The number of nitrogens with zero attached hydrogens (tertiary/aromatic N) is 2. The number of para-hydroxylation sites is 1. The molecule has 3 rings (SSSR count). The second kappa shape index (κ2) is 8.84. The second-order valence-corrected chi connectivity index (χ2v) is 7.88. The van der Waals surface area contributed by atoms with E-state index >= 15 is 0 Å². The lowest BCUT2D eigenvalue weighted by Crippen LogP contribution is -2.28. The summed E-state index contributed by atoms with van der Waals surface area (Å²) >= 11 is 0. The van der Waals surface area contributed by atoms with Gasteiger partial charge in [0.2, 0.25) is 0 Å². The highest BCUT2D eigenvalue weighted by atomic mass is 16.5. The third-order valence-corrected chi connectivity index (χ3v) is 5.85. The Balaban J connectivity index is 1.95. The van der Waals surface area contributed by atoms with E-state index in [1.54, 1.807) is 56.3 Å². The van der Waals surface area contributed by atoms with Crippen molar-refractivity contribution >= 4 is 11.9 Å². The topological polar surface area (TPSA) is 120 Å². The van der Waals surface area contributed by atoms with Crippen LogP contribution in [-0.4, -0.2) is 23.7 Å². The van der Waals surface area contributed by atoms with E-state index in [2.05, 4.69) is 22.6 Å². The maximum atomic E-state index is 12.5. The smallest absolute Gasteiger partial charge is 0.385 e. The fraction of sp³-hybridized carbons (Fsp3) is 0.280. The van der Waals surface area contributed by atoms with Gasteiger partial charge >= 0.3 is 11.9 Å². The summed E-state index contributed by atoms with van der Waals surface area (Å²) in [5.74, 6) is 2.11. The zero-order chi connectivity index (χ0) is 23.4. The Hall–Kier alpha value is -4.28. The normalized spacial score (nSPS) is 20.9. The van der Waals surface area contributed by atoms with Crippen LogP contribution in [0.5, 0.6) is 11.5 Å². The average Bonchev–Trinajstić information content (AvgIpc) is 3.27. The molecule has 0 heterocycles. The van der Waals surface area contributed by atoms with Gasteiger partial charge in [0.1, 0.15) is 23.0 Å². The molecule has 2 aromatic carbocycles. The fourth-order valence-corrected chi connectivity index (χ4v) is 4.24. The van der Waals surface area contributed by atoms with E-state index in [1.165, 1.54) is 0 Å². The summed E-state index contributed by atoms with van der Waals surface area (Å²) in [6, 6.07) is 19.6. The second-order valence-electron chi connectivity index (χ2n) is 7.88. The predicted octanol–water partition coefficient (Wildman–Crippen LogP) is 3.88. The van der Waals surface area contributed by atoms with Crippen LogP contribution >= 0.6 is 0 Å². The molecule has 0 amide bonds. The minimum atomic E-state index is -1.53. The van der Waals surface area contributed by atoms with Crippen molar-refractivity contribution in [3.63, 3.8) is 0 Å². The summed E-state index contributed by atoms with van der Waals surface area (Å²) in [5, 5.41) is 28.7. The standard InChI is InChI=1S/C25H20N2O5/c1-24(2)21(11-12-22(28)31-14-13-26)25(24,23(29)30)20(16-27)17-7-6-10-19(15-17)32-18-8-4-3-5-9-18/h3-10,15,20-21H,14H2,1-2H3,(H,29,30)/t20?,21-,25+/m0/s1. The van der Waals surface area contributed by atoms with Crippen molar-refractivity contribution in [3.05, 3.63) is 60.2 Å². The third-order valence-electron chi connectivity index (χ3n) is 5.85. The monoisotopic (exact) mass is 428 g/mol. The van der Waals surface area contributed by atoms with Gasteiger partial charge in [0.05, 0.1) is 12.0 Å². The molecule has 7 heteroatoms. The van der Waals surface area contributed by atoms with E-state index in [9.17, 15) is 20.0 Å². The van der Waals surface area contributed by atoms with Crippen LogP contribution in [0.3, 0.4) is 0 Å². The predicted molar refractivity (Wildman–Crippen MR) is 113 cm³/mol. The van der Waals surface area contributed by atoms with Crippen LogP contribution in [0.25, 0.3) is 0 Å². The van der Waals surface area contributed by atoms with E-state index < -0.39 is 41.2 Å². The molecule has 3 atom stereocenters. The number of carboxylic acids is 1. The van der Waals surface area contributed by atoms with E-state index in [0.717, 1.165) is 0 Å². The maximum Gasteiger partial charge on any atom is 0.385 e. The lowest BCUT2D eigenvalue weighted by molar-refractivity contribution is -0.145. The number of carbonyl (C=O) groups excluding carboxylic acids is 1. The molecule has 7 nitrogen and oxygen atoms in total. The number of aliphatic carboxylic acids is 1. The van der Waals surface area contributed by atoms with Crippen LogP contribution in [0.1, 0.15) is 25.3 Å². The minimum Gasteiger partial charge on any atom is -0.481 e. The number of carboxylic acid groups (broad SMARTS) is 1. The van der Waals surface area contributed by atoms with Crippen molar-refractivity contribution in [1.29, 1.82) is 10.5 Å². The van der Waals surface area contributed by atoms with Crippen LogP contribution in [0, 0.1) is 51.3 Å². The molecular formula is C25H20N2O5. The van der Waals surface area contributed by atoms with Crippen molar-refractivity contribution in [2.45, 2.75) is 19.8 Å². The molecule has 160 valence electrons. The van der Waals surface area contributed by atoms with E-state index in [1.807, 2.05) is 18.2 Å². The van der Waals surface area contributed by atoms with Crippen LogP contribution in [-0.2, 0) is 14.3 Å². The number of nitriles is 2. The first kappa shape index (κ1) is 22.4. The Labute approximate surface area is 185 Å². The van der Waals surface area contributed by atoms with Gasteiger partial charge in [-0.15, -0.1) is 0 Å². The van der Waals surface area contributed by atoms with Crippen molar-refractivity contribution in [1.82, 2.24) is 0 Å². The summed E-state index contributed by atoms with van der Waals surface area (Å²) < 4.78 is 10.4. The Morgan fingerprint density at radius 3 is 2.41 bits per heavy atom. The Bertz CT molecular complexity index is 1180. The Morgan fingerprint density at radius 2 is 1.78 bits per heavy atom. The molecule has 2 aromatic rings. The van der Waals surface area contributed by atoms with Crippen LogP contribution in [0.15, 0.2) is 54.6 Å². The number of hydrogen-bond acceptors (Lipinski definition) is 6. The number of rotatable bonds is 6. The molecular weight excluding hydrogens is 408 g/mol. The Kier molecular flexibility index (Phi) is 6.19. The highest BCUT2D eigenvalue weighted by Gasteiger charge is 2.79. The number of carbonyl (C=O) groups is 2. The lowest BCUT2D eigenvalue weighted by atomic mass is 9.78. The Morgan fingerprint density at radius 1 is 1.09 bits per heavy atom. The van der Waals surface area contributed by atoms with Crippen LogP contribution in [0.2, 0.25) is 0 Å². The summed E-state index contributed by atoms with van der Waals surface area (Å²) in [4.78, 5) is 24.1. The summed E-state index contributed by atoms with van der Waals surface area (Å²) in [6.07, 6.45) is 0. The first-order valence-electron chi connectivity index (χ1n) is 9.80. The van der Waals surface area contributed by atoms with Gasteiger partial charge < -0.3 is 14.6 Å². The molecule has 0 saturated heterocycles. The van der Waals surface area contributed by atoms with Crippen LogP contribution < -0.4 is 4.74 Å². The molecule has 1 unspecified atom stereocenters. The summed E-state index contributed by atoms with van der Waals surface area (Å²) in [6.45, 7) is 2.96. The molecule has 32 heavy (non-hydrogen) atoms. The molecule has 0 radical (unpaired) electrons. The number of benzene rings is 2. The molecule has 1 saturated carbocycles. The maximum absolute atomic E-state index is 12.5. The van der Waals surface area contributed by atoms with Gasteiger partial charge in [-0.25, -0.2) is 4.79 Å². The van der Waals surface area contributed by atoms with Gasteiger partial charge in [0, 0.05) is 11.8 Å². The van der Waals surface area contributed by atoms with Crippen molar-refractivity contribution in [3.8, 4) is 35.5 Å². The van der Waals surface area contributed by atoms with Gasteiger partial charge in [-0.3, -0.25) is 4.79 Å². The zero-order valence-electron chi connectivity index (χ0n) is 17.5. The molecule has 0 bridgehead atoms. The van der Waals surface area contributed by atoms with Crippen molar-refractivity contribution in [2.24, 2.45) is 16.7 Å². The first-order valence-corrected chi connectivity index (χ1v) is 9.80. The molecule has 0 aliphatic heterocycles. The van der Waals surface area contributed by atoms with E-state index in [0.29, 0.717) is 17.1 Å². The highest BCUT2D eigenvalue weighted by molar-refractivity contribution is 5.90. The van der Waals surface area contributed by atoms with Gasteiger partial charge in [0.15, 0.2) is 6.61 Å². The first-order chi connectivity index (χ1) is 15.3. The molecule has 1 aliphatic carbocycles. The van der Waals surface area contributed by atoms with Crippen molar-refractivity contribution < 1.29 is 24.2 Å². The number of ether oxygens (including phenoxy) is 2. The van der Waals surface area contributed by atoms with E-state index in [4.69, 9.17) is 10.00 Å². The van der Waals surface area contributed by atoms with Gasteiger partial charge in [-0.1, -0.05) is 50.1 Å². The van der Waals surface area contributed by atoms with Crippen molar-refractivity contribution in [2.75, 3.05) is 6.61 Å². The SMILES string of the molecule is CC1(C)[C@H](C#CC(=O)OCC#N)[C@@]1(C(=O)O)C(C#N)c1cccc(Oc2ccccc2)c1. The lowest BCUT2D eigenvalue weighted by Gasteiger charge is -2.22. The quantitative estimate of drug-likeness (QED) is 0.421. The largest absolute Gasteiger partial charge is 0.481 e. The van der Waals surface area contributed by atoms with Gasteiger partial charge in [-0.2, -0.15) is 10.5 Å². The number of hydrogen-bond donors (Lipinski definition) is 1. The molecule has 0 aromatic heterocycles. The zero-order valence-corrected chi connectivity index (χ0v) is 17.5. The molecule has 1 N–H and O–H groups in total. The minimum absolute atomic E-state index is 0.444. The van der Waals surface area contributed by atoms with E-state index in [-0.39, 0.29) is 0 Å². The highest BCUT2D eigenvalue weighted by Crippen LogP contribution is 2.74. The average molecular weight is 428 g/mol. The number of esters is 1. The summed E-state index contributed by atoms with van der Waals surface area (Å²) in [7, 11) is 0. The van der Waals surface area contributed by atoms with Gasteiger partial charge in [-0.05, 0) is 35.2 Å². The fourth-order valence-electron chi connectivity index (χ4n) is 4.24. The summed E-state index contributed by atoms with van der Waals surface area (Å²) in [5.41, 5.74) is -1.94. The molecule has 1 fully saturated rings. The third kappa shape index (κ3) is 3.87. The van der Waals surface area contributed by atoms with Crippen LogP contribution in [0.4, 0.5) is 0 Å². The molecule has 1 aliphatic rings.